The normalized spacial score (nSPS) is 19.2. The van der Waals surface area contributed by atoms with Crippen LogP contribution in [0.3, 0.4) is 0 Å². The number of hydrogen-bond donors (Lipinski definition) is 1. The molecule has 17 heavy (non-hydrogen) atoms. The third kappa shape index (κ3) is 1.92. The minimum Gasteiger partial charge on any atom is -0.468 e. The van der Waals surface area contributed by atoms with Crippen molar-refractivity contribution in [1.29, 1.82) is 0 Å². The molecule has 0 saturated carbocycles. The van der Waals surface area contributed by atoms with Gasteiger partial charge in [-0.05, 0) is 17.7 Å². The molecule has 4 nitrogen and oxygen atoms in total. The molecule has 0 amide bonds. The van der Waals surface area contributed by atoms with E-state index in [2.05, 4.69) is 0 Å². The molecule has 2 rings (SSSR count). The first kappa shape index (κ1) is 12.0. The summed E-state index contributed by atoms with van der Waals surface area (Å²) in [5.74, 6) is -0.724. The van der Waals surface area contributed by atoms with Crippen LogP contribution in [0, 0.1) is 11.2 Å². The van der Waals surface area contributed by atoms with Gasteiger partial charge in [-0.1, -0.05) is 12.1 Å². The number of rotatable bonds is 3. The summed E-state index contributed by atoms with van der Waals surface area (Å²) in [6.45, 7) is 0.469. The van der Waals surface area contributed by atoms with Crippen molar-refractivity contribution in [3.05, 3.63) is 35.6 Å². The number of benzene rings is 1. The Hall–Kier alpha value is -1.46. The highest BCUT2D eigenvalue weighted by molar-refractivity contribution is 5.79. The number of methoxy groups -OCH3 is 1. The summed E-state index contributed by atoms with van der Waals surface area (Å²) < 4.78 is 22.6. The molecule has 0 aliphatic carbocycles. The highest BCUT2D eigenvalue weighted by Crippen LogP contribution is 2.40. The number of carbonyl (C=O) groups excluding carboxylic acids is 1. The van der Waals surface area contributed by atoms with Gasteiger partial charge in [0, 0.05) is 0 Å². The standard InChI is InChI=1S/C12H14FNO3/c1-16-11(15)12(6-17-7-12)10(14)8-2-4-9(13)5-3-8/h2-5,10H,6-7,14H2,1H3. The minimum absolute atomic E-state index is 0.234. The van der Waals surface area contributed by atoms with E-state index in [-0.39, 0.29) is 25.0 Å². The number of halogens is 1. The molecule has 1 unspecified atom stereocenters. The Balaban J connectivity index is 2.26. The molecule has 92 valence electrons. The Morgan fingerprint density at radius 3 is 2.47 bits per heavy atom. The van der Waals surface area contributed by atoms with Crippen LogP contribution >= 0.6 is 0 Å². The molecule has 2 N–H and O–H groups in total. The molecule has 1 aromatic rings. The summed E-state index contributed by atoms with van der Waals surface area (Å²) in [4.78, 5) is 11.7. The van der Waals surface area contributed by atoms with Gasteiger partial charge in [0.25, 0.3) is 0 Å². The van der Waals surface area contributed by atoms with Gasteiger partial charge in [0.1, 0.15) is 11.2 Å². The van der Waals surface area contributed by atoms with Gasteiger partial charge < -0.3 is 15.2 Å². The van der Waals surface area contributed by atoms with Crippen molar-refractivity contribution in [2.24, 2.45) is 11.1 Å². The zero-order chi connectivity index (χ0) is 12.5. The maximum Gasteiger partial charge on any atom is 0.318 e. The molecule has 0 radical (unpaired) electrons. The molecule has 1 aliphatic rings. The summed E-state index contributed by atoms with van der Waals surface area (Å²) in [6, 6.07) is 5.23. The molecule has 0 aromatic heterocycles. The lowest BCUT2D eigenvalue weighted by molar-refractivity contribution is -0.188. The fourth-order valence-electron chi connectivity index (χ4n) is 1.94. The van der Waals surface area contributed by atoms with Crippen molar-refractivity contribution in [2.45, 2.75) is 6.04 Å². The van der Waals surface area contributed by atoms with E-state index in [9.17, 15) is 9.18 Å². The molecule has 1 aromatic carbocycles. The first-order valence-electron chi connectivity index (χ1n) is 5.27. The van der Waals surface area contributed by atoms with Gasteiger partial charge in [0.2, 0.25) is 0 Å². The topological polar surface area (TPSA) is 61.5 Å². The van der Waals surface area contributed by atoms with Crippen LogP contribution in [-0.2, 0) is 14.3 Å². The lowest BCUT2D eigenvalue weighted by Crippen LogP contribution is -2.56. The lowest BCUT2D eigenvalue weighted by atomic mass is 9.75. The fourth-order valence-corrected chi connectivity index (χ4v) is 1.94. The molecule has 5 heteroatoms. The van der Waals surface area contributed by atoms with Crippen LogP contribution in [0.15, 0.2) is 24.3 Å². The molecule has 1 atom stereocenters. The SMILES string of the molecule is COC(=O)C1(C(N)c2ccc(F)cc2)COC1. The maximum atomic E-state index is 12.8. The van der Waals surface area contributed by atoms with Gasteiger partial charge in [0.15, 0.2) is 0 Å². The third-order valence-corrected chi connectivity index (χ3v) is 3.14. The van der Waals surface area contributed by atoms with Crippen molar-refractivity contribution in [1.82, 2.24) is 0 Å². The van der Waals surface area contributed by atoms with Gasteiger partial charge in [-0.3, -0.25) is 4.79 Å². The second kappa shape index (κ2) is 4.43. The molecule has 0 spiro atoms. The van der Waals surface area contributed by atoms with E-state index in [0.29, 0.717) is 5.56 Å². The van der Waals surface area contributed by atoms with Gasteiger partial charge in [-0.25, -0.2) is 4.39 Å². The molecular formula is C12H14FNO3. The van der Waals surface area contributed by atoms with Crippen LogP contribution in [0.2, 0.25) is 0 Å². The number of esters is 1. The summed E-state index contributed by atoms with van der Waals surface area (Å²) in [6.07, 6.45) is 0. The van der Waals surface area contributed by atoms with E-state index in [1.54, 1.807) is 12.1 Å². The van der Waals surface area contributed by atoms with Crippen molar-refractivity contribution < 1.29 is 18.7 Å². The van der Waals surface area contributed by atoms with Gasteiger partial charge in [-0.2, -0.15) is 0 Å². The maximum absolute atomic E-state index is 12.8. The molecule has 1 heterocycles. The predicted octanol–water partition coefficient (Wildman–Crippen LogP) is 1.02. The first-order valence-corrected chi connectivity index (χ1v) is 5.27. The Labute approximate surface area is 98.5 Å². The van der Waals surface area contributed by atoms with Crippen LogP contribution in [0.1, 0.15) is 11.6 Å². The predicted molar refractivity (Wildman–Crippen MR) is 58.6 cm³/mol. The highest BCUT2D eigenvalue weighted by atomic mass is 19.1. The van der Waals surface area contributed by atoms with Gasteiger partial charge in [0.05, 0.1) is 26.4 Å². The first-order chi connectivity index (χ1) is 8.10. The van der Waals surface area contributed by atoms with E-state index in [4.69, 9.17) is 15.2 Å². The van der Waals surface area contributed by atoms with E-state index in [1.807, 2.05) is 0 Å². The van der Waals surface area contributed by atoms with Crippen molar-refractivity contribution >= 4 is 5.97 Å². The Bertz CT molecular complexity index is 414. The number of hydrogen-bond acceptors (Lipinski definition) is 4. The zero-order valence-corrected chi connectivity index (χ0v) is 9.48. The molecule has 1 aliphatic heterocycles. The van der Waals surface area contributed by atoms with Crippen molar-refractivity contribution in [3.63, 3.8) is 0 Å². The zero-order valence-electron chi connectivity index (χ0n) is 9.48. The lowest BCUT2D eigenvalue weighted by Gasteiger charge is -2.42. The fraction of sp³-hybridized carbons (Fsp3) is 0.417. The Morgan fingerprint density at radius 2 is 2.06 bits per heavy atom. The summed E-state index contributed by atoms with van der Waals surface area (Å²) >= 11 is 0. The second-order valence-electron chi connectivity index (χ2n) is 4.17. The number of carbonyl (C=O) groups is 1. The van der Waals surface area contributed by atoms with Crippen LogP contribution in [0.4, 0.5) is 4.39 Å². The van der Waals surface area contributed by atoms with E-state index < -0.39 is 11.5 Å². The van der Waals surface area contributed by atoms with Gasteiger partial charge >= 0.3 is 5.97 Å². The largest absolute Gasteiger partial charge is 0.468 e. The molecular weight excluding hydrogens is 225 g/mol. The van der Waals surface area contributed by atoms with E-state index in [1.165, 1.54) is 19.2 Å². The quantitative estimate of drug-likeness (QED) is 0.800. The minimum atomic E-state index is -0.841. The number of nitrogens with two attached hydrogens (primary N) is 1. The molecule has 1 fully saturated rings. The molecule has 1 saturated heterocycles. The van der Waals surface area contributed by atoms with Gasteiger partial charge in [-0.15, -0.1) is 0 Å². The van der Waals surface area contributed by atoms with Crippen LogP contribution in [-0.4, -0.2) is 26.3 Å². The molecule has 0 bridgehead atoms. The van der Waals surface area contributed by atoms with Crippen molar-refractivity contribution in [3.8, 4) is 0 Å². The average molecular weight is 239 g/mol. The Morgan fingerprint density at radius 1 is 1.47 bits per heavy atom. The Kier molecular flexibility index (Phi) is 3.13. The summed E-state index contributed by atoms with van der Waals surface area (Å²) in [5, 5.41) is 0. The van der Waals surface area contributed by atoms with Crippen LogP contribution in [0.25, 0.3) is 0 Å². The summed E-state index contributed by atoms with van der Waals surface area (Å²) in [5.41, 5.74) is 5.91. The smallest absolute Gasteiger partial charge is 0.318 e. The average Bonchev–Trinajstić information content (AvgIpc) is 2.28. The highest BCUT2D eigenvalue weighted by Gasteiger charge is 2.52. The third-order valence-electron chi connectivity index (χ3n) is 3.14. The van der Waals surface area contributed by atoms with Crippen LogP contribution in [0.5, 0.6) is 0 Å². The monoisotopic (exact) mass is 239 g/mol. The van der Waals surface area contributed by atoms with E-state index >= 15 is 0 Å². The summed E-state index contributed by atoms with van der Waals surface area (Å²) in [7, 11) is 1.32. The van der Waals surface area contributed by atoms with E-state index in [0.717, 1.165) is 0 Å². The number of ether oxygens (including phenoxy) is 2. The van der Waals surface area contributed by atoms with Crippen molar-refractivity contribution in [2.75, 3.05) is 20.3 Å². The van der Waals surface area contributed by atoms with Crippen LogP contribution < -0.4 is 5.73 Å². The second-order valence-corrected chi connectivity index (χ2v) is 4.17.